The number of benzene rings is 2. The van der Waals surface area contributed by atoms with Crippen LogP contribution in [-0.2, 0) is 0 Å². The van der Waals surface area contributed by atoms with Crippen LogP contribution in [0.4, 0.5) is 17.1 Å². The molecule has 2 aromatic carbocycles. The molecule has 3 rings (SSSR count). The van der Waals surface area contributed by atoms with Gasteiger partial charge in [-0.25, -0.2) is 0 Å². The first-order valence-electron chi connectivity index (χ1n) is 6.72. The van der Waals surface area contributed by atoms with Crippen molar-refractivity contribution in [3.05, 3.63) is 63.8 Å². The largest absolute Gasteiger partial charge is 0.497 e. The summed E-state index contributed by atoms with van der Waals surface area (Å²) in [6, 6.07) is 11.9. The maximum atomic E-state index is 11.0. The molecule has 0 unspecified atom stereocenters. The number of rotatable bonds is 4. The van der Waals surface area contributed by atoms with Crippen LogP contribution in [-0.4, -0.2) is 17.0 Å². The highest BCUT2D eigenvalue weighted by Crippen LogP contribution is 2.32. The van der Waals surface area contributed by atoms with Gasteiger partial charge in [0.2, 0.25) is 0 Å². The Bertz CT molecular complexity index is 899. The molecule has 0 saturated heterocycles. The van der Waals surface area contributed by atoms with Crippen LogP contribution in [0.5, 0.6) is 5.75 Å². The highest BCUT2D eigenvalue weighted by atomic mass is 35.5. The Morgan fingerprint density at radius 3 is 2.78 bits per heavy atom. The molecule has 0 radical (unpaired) electrons. The van der Waals surface area contributed by atoms with Crippen molar-refractivity contribution in [2.75, 3.05) is 12.4 Å². The molecule has 23 heavy (non-hydrogen) atoms. The van der Waals surface area contributed by atoms with Gasteiger partial charge >= 0.3 is 0 Å². The van der Waals surface area contributed by atoms with Gasteiger partial charge in [-0.1, -0.05) is 11.6 Å². The van der Waals surface area contributed by atoms with Crippen LogP contribution in [0.2, 0.25) is 5.02 Å². The molecule has 116 valence electrons. The van der Waals surface area contributed by atoms with E-state index in [1.807, 2.05) is 18.2 Å². The minimum absolute atomic E-state index is 0.0989. The number of hydrogen-bond acceptors (Lipinski definition) is 5. The third kappa shape index (κ3) is 3.02. The first kappa shape index (κ1) is 15.1. The van der Waals surface area contributed by atoms with Gasteiger partial charge in [-0.05, 0) is 36.4 Å². The van der Waals surface area contributed by atoms with E-state index in [-0.39, 0.29) is 10.7 Å². The fourth-order valence-corrected chi connectivity index (χ4v) is 2.43. The zero-order valence-electron chi connectivity index (χ0n) is 12.1. The zero-order valence-corrected chi connectivity index (χ0v) is 12.9. The smallest absolute Gasteiger partial charge is 0.289 e. The number of nitrogens with one attached hydrogen (secondary N) is 1. The molecule has 0 fully saturated rings. The van der Waals surface area contributed by atoms with Gasteiger partial charge in [0.25, 0.3) is 5.69 Å². The van der Waals surface area contributed by atoms with Gasteiger partial charge in [-0.2, -0.15) is 0 Å². The molecule has 1 aromatic heterocycles. The number of nitro benzene ring substituents is 1. The molecule has 1 N–H and O–H groups in total. The highest BCUT2D eigenvalue weighted by Gasteiger charge is 2.13. The average Bonchev–Trinajstić information content (AvgIpc) is 2.56. The lowest BCUT2D eigenvalue weighted by Gasteiger charge is -2.10. The van der Waals surface area contributed by atoms with Crippen LogP contribution in [0.3, 0.4) is 0 Å². The average molecular weight is 330 g/mol. The Balaban J connectivity index is 2.04. The number of hydrogen-bond donors (Lipinski definition) is 1. The van der Waals surface area contributed by atoms with Gasteiger partial charge in [0, 0.05) is 29.0 Å². The predicted octanol–water partition coefficient (Wildman–Crippen LogP) is 4.55. The van der Waals surface area contributed by atoms with Crippen LogP contribution in [0.1, 0.15) is 0 Å². The fraction of sp³-hybridized carbons (Fsp3) is 0.0625. The maximum absolute atomic E-state index is 11.0. The molecule has 3 aromatic rings. The van der Waals surface area contributed by atoms with Crippen LogP contribution in [0.15, 0.2) is 48.7 Å². The normalized spacial score (nSPS) is 10.5. The summed E-state index contributed by atoms with van der Waals surface area (Å²) >= 11 is 5.83. The van der Waals surface area contributed by atoms with Gasteiger partial charge in [0.1, 0.15) is 10.8 Å². The summed E-state index contributed by atoms with van der Waals surface area (Å²) in [5, 5.41) is 15.1. The van der Waals surface area contributed by atoms with Crippen molar-refractivity contribution >= 4 is 39.6 Å². The second-order valence-corrected chi connectivity index (χ2v) is 5.20. The monoisotopic (exact) mass is 329 g/mol. The van der Waals surface area contributed by atoms with Crippen molar-refractivity contribution in [3.63, 3.8) is 0 Å². The van der Waals surface area contributed by atoms with Crippen molar-refractivity contribution in [2.24, 2.45) is 0 Å². The van der Waals surface area contributed by atoms with E-state index >= 15 is 0 Å². The second kappa shape index (κ2) is 6.10. The predicted molar refractivity (Wildman–Crippen MR) is 89.7 cm³/mol. The van der Waals surface area contributed by atoms with Crippen molar-refractivity contribution < 1.29 is 9.66 Å². The standard InChI is InChI=1S/C16H12ClN3O3/c1-23-11-3-5-14-12(9-11)15(6-7-18-14)19-10-2-4-13(17)16(8-10)20(21)22/h2-9H,1H3,(H,18,19). The summed E-state index contributed by atoms with van der Waals surface area (Å²) < 4.78 is 5.23. The Hall–Kier alpha value is -2.86. The zero-order chi connectivity index (χ0) is 16.4. The molecule has 7 heteroatoms. The third-order valence-electron chi connectivity index (χ3n) is 3.37. The number of nitrogens with zero attached hydrogens (tertiary/aromatic N) is 2. The summed E-state index contributed by atoms with van der Waals surface area (Å²) in [5.74, 6) is 0.704. The van der Waals surface area contributed by atoms with Crippen LogP contribution >= 0.6 is 11.6 Å². The van der Waals surface area contributed by atoms with Crippen LogP contribution < -0.4 is 10.1 Å². The minimum Gasteiger partial charge on any atom is -0.497 e. The van der Waals surface area contributed by atoms with E-state index in [0.29, 0.717) is 11.4 Å². The summed E-state index contributed by atoms with van der Waals surface area (Å²) in [4.78, 5) is 14.8. The summed E-state index contributed by atoms with van der Waals surface area (Å²) in [6.07, 6.45) is 1.67. The minimum atomic E-state index is -0.513. The van der Waals surface area contributed by atoms with Crippen molar-refractivity contribution in [1.82, 2.24) is 4.98 Å². The van der Waals surface area contributed by atoms with E-state index in [2.05, 4.69) is 10.3 Å². The number of halogens is 1. The topological polar surface area (TPSA) is 77.3 Å². The third-order valence-corrected chi connectivity index (χ3v) is 3.69. The Morgan fingerprint density at radius 1 is 1.22 bits per heavy atom. The van der Waals surface area contributed by atoms with E-state index < -0.39 is 4.92 Å². The lowest BCUT2D eigenvalue weighted by molar-refractivity contribution is -0.384. The Labute approximate surface area is 136 Å². The van der Waals surface area contributed by atoms with Crippen molar-refractivity contribution in [3.8, 4) is 5.75 Å². The quantitative estimate of drug-likeness (QED) is 0.561. The number of aromatic nitrogens is 1. The molecule has 0 aliphatic heterocycles. The van der Waals surface area contributed by atoms with Gasteiger partial charge < -0.3 is 10.1 Å². The number of anilines is 2. The van der Waals surface area contributed by atoms with E-state index in [0.717, 1.165) is 16.6 Å². The highest BCUT2D eigenvalue weighted by molar-refractivity contribution is 6.32. The van der Waals surface area contributed by atoms with Gasteiger partial charge in [0.15, 0.2) is 0 Å². The Morgan fingerprint density at radius 2 is 2.04 bits per heavy atom. The number of fused-ring (bicyclic) bond motifs is 1. The SMILES string of the molecule is COc1ccc2nccc(Nc3ccc(Cl)c([N+](=O)[O-])c3)c2c1. The van der Waals surface area contributed by atoms with E-state index in [1.54, 1.807) is 25.4 Å². The van der Waals surface area contributed by atoms with Crippen LogP contribution in [0, 0.1) is 10.1 Å². The number of pyridine rings is 1. The molecule has 0 aliphatic rings. The van der Waals surface area contributed by atoms with E-state index in [9.17, 15) is 10.1 Å². The summed E-state index contributed by atoms with van der Waals surface area (Å²) in [6.45, 7) is 0. The Kier molecular flexibility index (Phi) is 3.99. The molecule has 0 aliphatic carbocycles. The van der Waals surface area contributed by atoms with E-state index in [4.69, 9.17) is 16.3 Å². The lowest BCUT2D eigenvalue weighted by Crippen LogP contribution is -1.95. The fourth-order valence-electron chi connectivity index (χ4n) is 2.25. The molecule has 1 heterocycles. The summed E-state index contributed by atoms with van der Waals surface area (Å²) in [5.41, 5.74) is 1.98. The number of methoxy groups -OCH3 is 1. The molecule has 0 bridgehead atoms. The number of ether oxygens (including phenoxy) is 1. The lowest BCUT2D eigenvalue weighted by atomic mass is 10.1. The van der Waals surface area contributed by atoms with Crippen molar-refractivity contribution in [1.29, 1.82) is 0 Å². The van der Waals surface area contributed by atoms with Crippen molar-refractivity contribution in [2.45, 2.75) is 0 Å². The molecule has 0 atom stereocenters. The van der Waals surface area contributed by atoms with Gasteiger partial charge in [-0.3, -0.25) is 15.1 Å². The van der Waals surface area contributed by atoms with Gasteiger partial charge in [-0.15, -0.1) is 0 Å². The number of nitro groups is 1. The molecule has 6 nitrogen and oxygen atoms in total. The maximum Gasteiger partial charge on any atom is 0.289 e. The molecule has 0 amide bonds. The molecular formula is C16H12ClN3O3. The molecular weight excluding hydrogens is 318 g/mol. The first-order valence-corrected chi connectivity index (χ1v) is 7.10. The molecule has 0 spiro atoms. The second-order valence-electron chi connectivity index (χ2n) is 4.79. The summed E-state index contributed by atoms with van der Waals surface area (Å²) in [7, 11) is 1.59. The molecule has 0 saturated carbocycles. The van der Waals surface area contributed by atoms with E-state index in [1.165, 1.54) is 12.1 Å². The first-order chi connectivity index (χ1) is 11.1. The van der Waals surface area contributed by atoms with Gasteiger partial charge in [0.05, 0.1) is 17.5 Å². The van der Waals surface area contributed by atoms with Crippen LogP contribution in [0.25, 0.3) is 10.9 Å².